The Morgan fingerprint density at radius 3 is 2.48 bits per heavy atom. The molecule has 1 unspecified atom stereocenters. The van der Waals surface area contributed by atoms with Crippen LogP contribution in [-0.2, 0) is 17.1 Å². The topological polar surface area (TPSA) is 41.6 Å². The molecule has 1 saturated heterocycles. The van der Waals surface area contributed by atoms with Crippen LogP contribution in [0, 0.1) is 11.7 Å². The van der Waals surface area contributed by atoms with Gasteiger partial charge in [0.15, 0.2) is 11.6 Å². The molecule has 168 valence electrons. The molecule has 4 nitrogen and oxygen atoms in total. The summed E-state index contributed by atoms with van der Waals surface area (Å²) in [4.78, 5) is 15.3. The Labute approximate surface area is 189 Å². The van der Waals surface area contributed by atoms with Gasteiger partial charge < -0.3 is 10.1 Å². The van der Waals surface area contributed by atoms with E-state index in [1.165, 1.54) is 12.7 Å². The molecule has 1 aliphatic heterocycles. The number of hydrogen-bond acceptors (Lipinski definition) is 4. The zero-order chi connectivity index (χ0) is 22.2. The Morgan fingerprint density at radius 1 is 1.16 bits per heavy atom. The highest BCUT2D eigenvalue weighted by atomic mass is 32.2. The number of nitrogens with one attached hydrogen (secondary N) is 1. The van der Waals surface area contributed by atoms with E-state index in [0.29, 0.717) is 6.54 Å². The van der Waals surface area contributed by atoms with Gasteiger partial charge in [0.05, 0.1) is 12.4 Å². The molecule has 2 aromatic carbocycles. The second-order valence-electron chi connectivity index (χ2n) is 8.49. The molecule has 1 fully saturated rings. The first-order chi connectivity index (χ1) is 15.0. The standard InChI is InChI=1S/C25H33FN2O2S/c1-18(2)24(31-17-19-7-5-4-6-8-19)25(29)27-21-11-13-28(14-12-21)16-20-9-10-23(30-3)22(26)15-20/h4-10,15,18,21,24H,11-14,16-17H2,1-3H3,(H,27,29). The lowest BCUT2D eigenvalue weighted by atomic mass is 10.0. The SMILES string of the molecule is COc1ccc(CN2CCC(NC(=O)C(SCc3ccccc3)C(C)C)CC2)cc1F. The number of rotatable bonds is 9. The Bertz CT molecular complexity index is 839. The third-order valence-corrected chi connectivity index (χ3v) is 7.31. The maximum absolute atomic E-state index is 13.9. The molecule has 1 N–H and O–H groups in total. The predicted molar refractivity (Wildman–Crippen MR) is 126 cm³/mol. The molecule has 1 atom stereocenters. The summed E-state index contributed by atoms with van der Waals surface area (Å²) < 4.78 is 18.9. The Hall–Kier alpha value is -2.05. The Morgan fingerprint density at radius 2 is 1.87 bits per heavy atom. The highest BCUT2D eigenvalue weighted by molar-refractivity contribution is 7.99. The lowest BCUT2D eigenvalue weighted by molar-refractivity contribution is -0.122. The van der Waals surface area contributed by atoms with E-state index in [0.717, 1.165) is 37.2 Å². The van der Waals surface area contributed by atoms with Crippen molar-refractivity contribution in [2.75, 3.05) is 20.2 Å². The van der Waals surface area contributed by atoms with Gasteiger partial charge in [-0.2, -0.15) is 0 Å². The van der Waals surface area contributed by atoms with Gasteiger partial charge in [0.1, 0.15) is 0 Å². The Kier molecular flexibility index (Phi) is 8.79. The Balaban J connectivity index is 1.46. The molecular weight excluding hydrogens is 411 g/mol. The van der Waals surface area contributed by atoms with E-state index >= 15 is 0 Å². The van der Waals surface area contributed by atoms with Crippen molar-refractivity contribution < 1.29 is 13.9 Å². The summed E-state index contributed by atoms with van der Waals surface area (Å²) in [7, 11) is 1.47. The first-order valence-electron chi connectivity index (χ1n) is 11.0. The molecule has 1 amide bonds. The molecule has 0 radical (unpaired) electrons. The number of benzene rings is 2. The molecule has 0 saturated carbocycles. The van der Waals surface area contributed by atoms with Gasteiger partial charge in [-0.15, -0.1) is 11.8 Å². The average molecular weight is 445 g/mol. The largest absolute Gasteiger partial charge is 0.494 e. The number of hydrogen-bond donors (Lipinski definition) is 1. The van der Waals surface area contributed by atoms with Crippen molar-refractivity contribution in [3.63, 3.8) is 0 Å². The third-order valence-electron chi connectivity index (χ3n) is 5.69. The number of likely N-dealkylation sites (tertiary alicyclic amines) is 1. The summed E-state index contributed by atoms with van der Waals surface area (Å²) >= 11 is 1.72. The van der Waals surface area contributed by atoms with Crippen LogP contribution < -0.4 is 10.1 Å². The van der Waals surface area contributed by atoms with Gasteiger partial charge >= 0.3 is 0 Å². The van der Waals surface area contributed by atoms with Crippen LogP contribution in [0.2, 0.25) is 0 Å². The molecule has 2 aromatic rings. The first-order valence-corrected chi connectivity index (χ1v) is 12.0. The van der Waals surface area contributed by atoms with Gasteiger partial charge in [-0.1, -0.05) is 50.2 Å². The minimum atomic E-state index is -0.324. The summed E-state index contributed by atoms with van der Waals surface area (Å²) in [6.45, 7) is 6.71. The fraction of sp³-hybridized carbons (Fsp3) is 0.480. The lowest BCUT2D eigenvalue weighted by Crippen LogP contribution is -2.47. The van der Waals surface area contributed by atoms with Crippen molar-refractivity contribution in [2.45, 2.75) is 50.3 Å². The summed E-state index contributed by atoms with van der Waals surface area (Å²) in [6.07, 6.45) is 1.83. The van der Waals surface area contributed by atoms with E-state index in [2.05, 4.69) is 36.2 Å². The number of carbonyl (C=O) groups excluding carboxylic acids is 1. The van der Waals surface area contributed by atoms with Gasteiger partial charge in [-0.25, -0.2) is 4.39 Å². The van der Waals surface area contributed by atoms with Crippen LogP contribution >= 0.6 is 11.8 Å². The number of amides is 1. The van der Waals surface area contributed by atoms with Crippen molar-refractivity contribution in [3.8, 4) is 5.75 Å². The quantitative estimate of drug-likeness (QED) is 0.599. The van der Waals surface area contributed by atoms with Crippen molar-refractivity contribution in [3.05, 3.63) is 65.5 Å². The average Bonchev–Trinajstić information content (AvgIpc) is 2.76. The molecule has 1 heterocycles. The number of nitrogens with zero attached hydrogens (tertiary/aromatic N) is 1. The molecule has 1 aliphatic rings. The highest BCUT2D eigenvalue weighted by Gasteiger charge is 2.27. The number of halogens is 1. The van der Waals surface area contributed by atoms with Crippen LogP contribution in [0.1, 0.15) is 37.8 Å². The number of carbonyl (C=O) groups is 1. The van der Waals surface area contributed by atoms with Crippen molar-refractivity contribution in [2.24, 2.45) is 5.92 Å². The number of ether oxygens (including phenoxy) is 1. The van der Waals surface area contributed by atoms with E-state index in [9.17, 15) is 9.18 Å². The molecule has 31 heavy (non-hydrogen) atoms. The number of methoxy groups -OCH3 is 1. The molecule has 6 heteroatoms. The van der Waals surface area contributed by atoms with Crippen LogP contribution in [0.4, 0.5) is 4.39 Å². The first kappa shape index (κ1) is 23.6. The molecule has 0 aromatic heterocycles. The molecule has 3 rings (SSSR count). The summed E-state index contributed by atoms with van der Waals surface area (Å²) in [5.74, 6) is 1.21. The van der Waals surface area contributed by atoms with Crippen LogP contribution in [0.25, 0.3) is 0 Å². The van der Waals surface area contributed by atoms with E-state index < -0.39 is 0 Å². The van der Waals surface area contributed by atoms with Crippen LogP contribution in [-0.4, -0.2) is 42.3 Å². The fourth-order valence-electron chi connectivity index (χ4n) is 3.92. The van der Waals surface area contributed by atoms with Crippen LogP contribution in [0.5, 0.6) is 5.75 Å². The monoisotopic (exact) mass is 444 g/mol. The zero-order valence-electron chi connectivity index (χ0n) is 18.6. The minimum absolute atomic E-state index is 0.0551. The van der Waals surface area contributed by atoms with E-state index in [-0.39, 0.29) is 34.7 Å². The van der Waals surface area contributed by atoms with E-state index in [1.807, 2.05) is 24.3 Å². The summed E-state index contributed by atoms with van der Waals surface area (Å²) in [5.41, 5.74) is 2.19. The van der Waals surface area contributed by atoms with Crippen molar-refractivity contribution >= 4 is 17.7 Å². The smallest absolute Gasteiger partial charge is 0.233 e. The molecular formula is C25H33FN2O2S. The summed E-state index contributed by atoms with van der Waals surface area (Å²) in [6, 6.07) is 15.6. The fourth-order valence-corrected chi connectivity index (χ4v) is 5.09. The van der Waals surface area contributed by atoms with E-state index in [4.69, 9.17) is 4.74 Å². The van der Waals surface area contributed by atoms with Gasteiger partial charge in [0.2, 0.25) is 5.91 Å². The van der Waals surface area contributed by atoms with Gasteiger partial charge in [0, 0.05) is 31.4 Å². The molecule has 0 bridgehead atoms. The number of thioether (sulfide) groups is 1. The number of piperidine rings is 1. The van der Waals surface area contributed by atoms with Crippen molar-refractivity contribution in [1.82, 2.24) is 10.2 Å². The lowest BCUT2D eigenvalue weighted by Gasteiger charge is -2.33. The molecule has 0 aliphatic carbocycles. The normalized spacial score (nSPS) is 16.3. The van der Waals surface area contributed by atoms with Gasteiger partial charge in [-0.3, -0.25) is 9.69 Å². The van der Waals surface area contributed by atoms with Crippen LogP contribution in [0.15, 0.2) is 48.5 Å². The maximum atomic E-state index is 13.9. The third kappa shape index (κ3) is 6.97. The van der Waals surface area contributed by atoms with Gasteiger partial charge in [0.25, 0.3) is 0 Å². The second-order valence-corrected chi connectivity index (χ2v) is 9.62. The predicted octanol–water partition coefficient (Wildman–Crippen LogP) is 4.87. The highest BCUT2D eigenvalue weighted by Crippen LogP contribution is 2.25. The second kappa shape index (κ2) is 11.5. The van der Waals surface area contributed by atoms with Crippen LogP contribution in [0.3, 0.4) is 0 Å². The maximum Gasteiger partial charge on any atom is 0.233 e. The zero-order valence-corrected chi connectivity index (χ0v) is 19.5. The molecule has 0 spiro atoms. The van der Waals surface area contributed by atoms with E-state index in [1.54, 1.807) is 23.9 Å². The van der Waals surface area contributed by atoms with Gasteiger partial charge in [-0.05, 0) is 42.0 Å². The summed E-state index contributed by atoms with van der Waals surface area (Å²) in [5, 5.41) is 3.23. The minimum Gasteiger partial charge on any atom is -0.494 e. The van der Waals surface area contributed by atoms with Crippen molar-refractivity contribution in [1.29, 1.82) is 0 Å².